The minimum atomic E-state index is -0.302. The molecule has 3 rings (SSSR count). The van der Waals surface area contributed by atoms with E-state index in [4.69, 9.17) is 9.47 Å². The summed E-state index contributed by atoms with van der Waals surface area (Å²) in [5.74, 6) is 0.920. The fraction of sp³-hybridized carbons (Fsp3) is 0.368. The Balaban J connectivity index is 1.87. The normalized spacial score (nSPS) is 11.9. The predicted molar refractivity (Wildman–Crippen MR) is 103 cm³/mol. The number of aromatic nitrogens is 5. The van der Waals surface area contributed by atoms with Gasteiger partial charge in [0.25, 0.3) is 5.91 Å². The molecule has 2 aromatic heterocycles. The Hall–Kier alpha value is -3.36. The number of hydrogen-bond donors (Lipinski definition) is 1. The van der Waals surface area contributed by atoms with E-state index < -0.39 is 0 Å². The van der Waals surface area contributed by atoms with Crippen LogP contribution in [0, 0.1) is 6.92 Å². The van der Waals surface area contributed by atoms with E-state index in [1.807, 2.05) is 32.2 Å². The molecule has 0 spiro atoms. The highest BCUT2D eigenvalue weighted by Gasteiger charge is 2.24. The minimum Gasteiger partial charge on any atom is -0.493 e. The van der Waals surface area contributed by atoms with Gasteiger partial charge in [-0.1, -0.05) is 24.3 Å². The van der Waals surface area contributed by atoms with Gasteiger partial charge in [0.2, 0.25) is 0 Å². The molecular formula is C19H24N6O3. The van der Waals surface area contributed by atoms with Crippen LogP contribution < -0.4 is 14.8 Å². The summed E-state index contributed by atoms with van der Waals surface area (Å²) in [6.45, 7) is 3.79. The van der Waals surface area contributed by atoms with Crippen LogP contribution in [0.5, 0.6) is 11.5 Å². The molecule has 148 valence electrons. The highest BCUT2D eigenvalue weighted by molar-refractivity contribution is 5.93. The zero-order valence-electron chi connectivity index (χ0n) is 16.6. The first-order valence-corrected chi connectivity index (χ1v) is 8.93. The lowest BCUT2D eigenvalue weighted by atomic mass is 10.0. The fourth-order valence-corrected chi connectivity index (χ4v) is 3.11. The molecule has 9 nitrogen and oxygen atoms in total. The molecule has 0 aliphatic rings. The van der Waals surface area contributed by atoms with Crippen LogP contribution in [-0.2, 0) is 7.05 Å². The SMILES string of the molecule is CCC(NC(=O)c1nnn(-c2cnn(C)c2)c1C)c1cccc(OC)c1OC. The number of hydrogen-bond acceptors (Lipinski definition) is 6. The Morgan fingerprint density at radius 3 is 2.68 bits per heavy atom. The van der Waals surface area contributed by atoms with Crippen LogP contribution in [0.2, 0.25) is 0 Å². The molecule has 0 aliphatic carbocycles. The third-order valence-corrected chi connectivity index (χ3v) is 4.57. The van der Waals surface area contributed by atoms with Gasteiger partial charge in [0.05, 0.1) is 38.3 Å². The molecule has 9 heteroatoms. The molecule has 2 heterocycles. The van der Waals surface area contributed by atoms with E-state index in [0.717, 1.165) is 11.3 Å². The van der Waals surface area contributed by atoms with Crippen molar-refractivity contribution in [3.05, 3.63) is 47.5 Å². The Morgan fingerprint density at radius 2 is 2.07 bits per heavy atom. The topological polar surface area (TPSA) is 96.1 Å². The van der Waals surface area contributed by atoms with Crippen molar-refractivity contribution in [3.8, 4) is 17.2 Å². The molecule has 1 atom stereocenters. The van der Waals surface area contributed by atoms with Crippen molar-refractivity contribution in [2.75, 3.05) is 14.2 Å². The van der Waals surface area contributed by atoms with Crippen molar-refractivity contribution >= 4 is 5.91 Å². The van der Waals surface area contributed by atoms with Crippen LogP contribution in [-0.4, -0.2) is 44.9 Å². The number of benzene rings is 1. The first-order valence-electron chi connectivity index (χ1n) is 8.93. The molecule has 0 saturated carbocycles. The Labute approximate surface area is 163 Å². The van der Waals surface area contributed by atoms with E-state index in [9.17, 15) is 4.79 Å². The summed E-state index contributed by atoms with van der Waals surface area (Å²) >= 11 is 0. The predicted octanol–water partition coefficient (Wildman–Crippen LogP) is 2.21. The number of ether oxygens (including phenoxy) is 2. The van der Waals surface area contributed by atoms with E-state index in [2.05, 4.69) is 20.7 Å². The smallest absolute Gasteiger partial charge is 0.274 e. The van der Waals surface area contributed by atoms with Crippen LogP contribution in [0.1, 0.15) is 41.1 Å². The summed E-state index contributed by atoms with van der Waals surface area (Å²) in [6, 6.07) is 5.34. The number of nitrogens with zero attached hydrogens (tertiary/aromatic N) is 5. The first kappa shape index (κ1) is 19.4. The number of amides is 1. The lowest BCUT2D eigenvalue weighted by molar-refractivity contribution is 0.0929. The molecule has 0 fully saturated rings. The van der Waals surface area contributed by atoms with Crippen molar-refractivity contribution in [2.45, 2.75) is 26.3 Å². The van der Waals surface area contributed by atoms with Gasteiger partial charge in [0.15, 0.2) is 17.2 Å². The monoisotopic (exact) mass is 384 g/mol. The summed E-state index contributed by atoms with van der Waals surface area (Å²) < 4.78 is 14.1. The molecule has 0 aliphatic heterocycles. The van der Waals surface area contributed by atoms with Gasteiger partial charge < -0.3 is 14.8 Å². The third kappa shape index (κ3) is 3.55. The second-order valence-corrected chi connectivity index (χ2v) is 6.32. The van der Waals surface area contributed by atoms with Crippen LogP contribution in [0.25, 0.3) is 5.69 Å². The summed E-state index contributed by atoms with van der Waals surface area (Å²) in [5.41, 5.74) is 2.49. The molecule has 1 unspecified atom stereocenters. The van der Waals surface area contributed by atoms with Crippen LogP contribution in [0.3, 0.4) is 0 Å². The van der Waals surface area contributed by atoms with Crippen molar-refractivity contribution in [3.63, 3.8) is 0 Å². The second-order valence-electron chi connectivity index (χ2n) is 6.32. The molecule has 3 aromatic rings. The quantitative estimate of drug-likeness (QED) is 0.671. The van der Waals surface area contributed by atoms with Crippen molar-refractivity contribution in [2.24, 2.45) is 7.05 Å². The lowest BCUT2D eigenvalue weighted by Crippen LogP contribution is -2.29. The van der Waals surface area contributed by atoms with Gasteiger partial charge in [-0.25, -0.2) is 4.68 Å². The first-order chi connectivity index (χ1) is 13.5. The number of carbonyl (C=O) groups is 1. The lowest BCUT2D eigenvalue weighted by Gasteiger charge is -2.21. The van der Waals surface area contributed by atoms with Gasteiger partial charge in [-0.2, -0.15) is 5.10 Å². The van der Waals surface area contributed by atoms with Crippen LogP contribution in [0.15, 0.2) is 30.6 Å². The Kier molecular flexibility index (Phi) is 5.62. The molecular weight excluding hydrogens is 360 g/mol. The molecule has 28 heavy (non-hydrogen) atoms. The maximum Gasteiger partial charge on any atom is 0.274 e. The average Bonchev–Trinajstić information content (AvgIpc) is 3.30. The number of methoxy groups -OCH3 is 2. The molecule has 1 aromatic carbocycles. The van der Waals surface area contributed by atoms with E-state index >= 15 is 0 Å². The number of rotatable bonds is 7. The van der Waals surface area contributed by atoms with E-state index in [1.54, 1.807) is 42.9 Å². The van der Waals surface area contributed by atoms with Crippen LogP contribution in [0.4, 0.5) is 0 Å². The zero-order valence-corrected chi connectivity index (χ0v) is 16.6. The highest BCUT2D eigenvalue weighted by atomic mass is 16.5. The van der Waals surface area contributed by atoms with Crippen LogP contribution >= 0.6 is 0 Å². The third-order valence-electron chi connectivity index (χ3n) is 4.57. The maximum absolute atomic E-state index is 12.9. The van der Waals surface area contributed by atoms with E-state index in [0.29, 0.717) is 23.6 Å². The fourth-order valence-electron chi connectivity index (χ4n) is 3.11. The molecule has 0 bridgehead atoms. The number of aryl methyl sites for hydroxylation is 1. The second kappa shape index (κ2) is 8.12. The molecule has 1 amide bonds. The van der Waals surface area contributed by atoms with Gasteiger partial charge in [0, 0.05) is 12.6 Å². The Bertz CT molecular complexity index is 978. The van der Waals surface area contributed by atoms with Crippen molar-refractivity contribution < 1.29 is 14.3 Å². The number of para-hydroxylation sites is 1. The molecule has 0 saturated heterocycles. The van der Waals surface area contributed by atoms with Crippen molar-refractivity contribution in [1.29, 1.82) is 0 Å². The molecule has 0 radical (unpaired) electrons. The minimum absolute atomic E-state index is 0.263. The Morgan fingerprint density at radius 1 is 1.29 bits per heavy atom. The number of nitrogens with one attached hydrogen (secondary N) is 1. The maximum atomic E-state index is 12.9. The summed E-state index contributed by atoms with van der Waals surface area (Å²) in [4.78, 5) is 12.9. The van der Waals surface area contributed by atoms with Crippen molar-refractivity contribution in [1.82, 2.24) is 30.1 Å². The highest BCUT2D eigenvalue weighted by Crippen LogP contribution is 2.35. The van der Waals surface area contributed by atoms with E-state index in [1.165, 1.54) is 0 Å². The van der Waals surface area contributed by atoms with E-state index in [-0.39, 0.29) is 17.6 Å². The summed E-state index contributed by atoms with van der Waals surface area (Å²) in [6.07, 6.45) is 4.14. The average molecular weight is 384 g/mol. The largest absolute Gasteiger partial charge is 0.493 e. The molecule has 1 N–H and O–H groups in total. The van der Waals surface area contributed by atoms with Gasteiger partial charge in [-0.05, 0) is 19.4 Å². The zero-order chi connectivity index (χ0) is 20.3. The summed E-state index contributed by atoms with van der Waals surface area (Å²) in [5, 5.41) is 15.3. The van der Waals surface area contributed by atoms with Gasteiger partial charge in [0.1, 0.15) is 5.69 Å². The number of carbonyl (C=O) groups excluding carboxylic acids is 1. The van der Waals surface area contributed by atoms with Gasteiger partial charge in [-0.15, -0.1) is 5.10 Å². The summed E-state index contributed by atoms with van der Waals surface area (Å²) in [7, 11) is 4.98. The van der Waals surface area contributed by atoms with Gasteiger partial charge >= 0.3 is 0 Å². The standard InChI is InChI=1S/C19H24N6O3/c1-6-15(14-8-7-9-16(27-4)18(14)28-5)21-19(26)17-12(2)25(23-22-17)13-10-20-24(3)11-13/h7-11,15H,6H2,1-5H3,(H,21,26). The van der Waals surface area contributed by atoms with Gasteiger partial charge in [-0.3, -0.25) is 9.48 Å².